The first kappa shape index (κ1) is 12.4. The van der Waals surface area contributed by atoms with Crippen molar-refractivity contribution in [2.24, 2.45) is 5.73 Å². The summed E-state index contributed by atoms with van der Waals surface area (Å²) in [6, 6.07) is 5.66. The van der Waals surface area contributed by atoms with Gasteiger partial charge >= 0.3 is 0 Å². The Balaban J connectivity index is 2.46. The number of rotatable bonds is 5. The lowest BCUT2D eigenvalue weighted by Crippen LogP contribution is -2.16. The van der Waals surface area contributed by atoms with E-state index in [1.807, 2.05) is 18.2 Å². The fourth-order valence-electron chi connectivity index (χ4n) is 1.97. The zero-order valence-electron chi connectivity index (χ0n) is 10.5. The highest BCUT2D eigenvalue weighted by Crippen LogP contribution is 2.32. The Hall–Kier alpha value is -2.01. The zero-order chi connectivity index (χ0) is 13.0. The van der Waals surface area contributed by atoms with Crippen LogP contribution in [0, 0.1) is 0 Å². The molecule has 0 aliphatic heterocycles. The van der Waals surface area contributed by atoms with Crippen molar-refractivity contribution < 1.29 is 9.47 Å². The highest BCUT2D eigenvalue weighted by atomic mass is 16.5. The molecular weight excluding hydrogens is 230 g/mol. The van der Waals surface area contributed by atoms with Gasteiger partial charge in [-0.15, -0.1) is 0 Å². The van der Waals surface area contributed by atoms with Crippen LogP contribution in [0.2, 0.25) is 0 Å². The average molecular weight is 247 g/mol. The fourth-order valence-corrected chi connectivity index (χ4v) is 1.97. The summed E-state index contributed by atoms with van der Waals surface area (Å²) in [6.07, 6.45) is 3.50. The Morgan fingerprint density at radius 1 is 1.33 bits per heavy atom. The molecule has 0 radical (unpaired) electrons. The highest BCUT2D eigenvalue weighted by molar-refractivity contribution is 5.44. The van der Waals surface area contributed by atoms with Gasteiger partial charge in [0.25, 0.3) is 0 Å². The monoisotopic (exact) mass is 247 g/mol. The number of H-pyrrole nitrogens is 1. The van der Waals surface area contributed by atoms with Gasteiger partial charge < -0.3 is 20.2 Å². The molecule has 1 aromatic heterocycles. The number of nitrogens with zero attached hydrogens (tertiary/aromatic N) is 1. The molecule has 0 fully saturated rings. The van der Waals surface area contributed by atoms with E-state index < -0.39 is 0 Å². The fraction of sp³-hybridized carbons (Fsp3) is 0.308. The van der Waals surface area contributed by atoms with Gasteiger partial charge in [0.2, 0.25) is 0 Å². The Morgan fingerprint density at radius 2 is 2.17 bits per heavy atom. The molecule has 1 atom stereocenters. The van der Waals surface area contributed by atoms with Gasteiger partial charge in [-0.25, -0.2) is 4.98 Å². The summed E-state index contributed by atoms with van der Waals surface area (Å²) in [5.74, 6) is 2.34. The minimum atomic E-state index is -0.0370. The van der Waals surface area contributed by atoms with E-state index in [1.165, 1.54) is 0 Å². The van der Waals surface area contributed by atoms with Crippen LogP contribution in [-0.2, 0) is 0 Å². The molecule has 0 spiro atoms. The minimum absolute atomic E-state index is 0.0370. The molecule has 1 aromatic carbocycles. The summed E-state index contributed by atoms with van der Waals surface area (Å²) < 4.78 is 10.6. The van der Waals surface area contributed by atoms with Gasteiger partial charge in [0.05, 0.1) is 20.1 Å². The van der Waals surface area contributed by atoms with E-state index in [9.17, 15) is 0 Å². The van der Waals surface area contributed by atoms with Crippen molar-refractivity contribution in [1.29, 1.82) is 0 Å². The van der Waals surface area contributed by atoms with E-state index in [-0.39, 0.29) is 5.92 Å². The Bertz CT molecular complexity index is 497. The number of aromatic amines is 1. The van der Waals surface area contributed by atoms with Crippen LogP contribution < -0.4 is 15.2 Å². The molecule has 0 bridgehead atoms. The molecule has 1 unspecified atom stereocenters. The second-order valence-electron chi connectivity index (χ2n) is 3.87. The van der Waals surface area contributed by atoms with E-state index in [1.54, 1.807) is 26.6 Å². The highest BCUT2D eigenvalue weighted by Gasteiger charge is 2.19. The lowest BCUT2D eigenvalue weighted by Gasteiger charge is -2.17. The summed E-state index contributed by atoms with van der Waals surface area (Å²) in [6.45, 7) is 0.442. The van der Waals surface area contributed by atoms with Crippen LogP contribution in [0.15, 0.2) is 30.6 Å². The summed E-state index contributed by atoms with van der Waals surface area (Å²) in [5.41, 5.74) is 6.82. The summed E-state index contributed by atoms with van der Waals surface area (Å²) in [7, 11) is 3.27. The molecular formula is C13H17N3O2. The third kappa shape index (κ3) is 2.31. The molecule has 0 aliphatic carbocycles. The Morgan fingerprint density at radius 3 is 2.72 bits per heavy atom. The van der Waals surface area contributed by atoms with Crippen LogP contribution in [0.5, 0.6) is 11.5 Å². The van der Waals surface area contributed by atoms with Crippen molar-refractivity contribution in [1.82, 2.24) is 9.97 Å². The molecule has 0 saturated heterocycles. The zero-order valence-corrected chi connectivity index (χ0v) is 10.5. The predicted molar refractivity (Wildman–Crippen MR) is 69.0 cm³/mol. The number of hydrogen-bond donors (Lipinski definition) is 2. The molecule has 96 valence electrons. The maximum atomic E-state index is 5.85. The number of hydrogen-bond acceptors (Lipinski definition) is 4. The van der Waals surface area contributed by atoms with E-state index in [4.69, 9.17) is 15.2 Å². The van der Waals surface area contributed by atoms with Crippen molar-refractivity contribution in [3.8, 4) is 11.5 Å². The van der Waals surface area contributed by atoms with Crippen molar-refractivity contribution in [3.05, 3.63) is 42.0 Å². The van der Waals surface area contributed by atoms with Crippen LogP contribution in [-0.4, -0.2) is 30.7 Å². The van der Waals surface area contributed by atoms with E-state index in [2.05, 4.69) is 9.97 Å². The Kier molecular flexibility index (Phi) is 3.84. The Labute approximate surface area is 106 Å². The summed E-state index contributed by atoms with van der Waals surface area (Å²) >= 11 is 0. The normalized spacial score (nSPS) is 12.2. The molecule has 2 aromatic rings. The van der Waals surface area contributed by atoms with E-state index >= 15 is 0 Å². The number of benzene rings is 1. The van der Waals surface area contributed by atoms with Gasteiger partial charge in [-0.2, -0.15) is 0 Å². The number of methoxy groups -OCH3 is 2. The third-order valence-electron chi connectivity index (χ3n) is 2.90. The van der Waals surface area contributed by atoms with Crippen LogP contribution in [0.25, 0.3) is 0 Å². The standard InChI is InChI=1S/C13H17N3O2/c1-17-9-3-4-12(18-2)10(7-9)11(8-14)13-15-5-6-16-13/h3-7,11H,8,14H2,1-2H3,(H,15,16). The van der Waals surface area contributed by atoms with Gasteiger partial charge in [-0.3, -0.25) is 0 Å². The molecule has 3 N–H and O–H groups in total. The maximum Gasteiger partial charge on any atom is 0.123 e. The maximum absolute atomic E-state index is 5.85. The lowest BCUT2D eigenvalue weighted by atomic mass is 9.97. The van der Waals surface area contributed by atoms with Crippen molar-refractivity contribution in [3.63, 3.8) is 0 Å². The van der Waals surface area contributed by atoms with E-state index in [0.29, 0.717) is 6.54 Å². The molecule has 5 nitrogen and oxygen atoms in total. The predicted octanol–water partition coefficient (Wildman–Crippen LogP) is 1.52. The third-order valence-corrected chi connectivity index (χ3v) is 2.90. The van der Waals surface area contributed by atoms with Crippen LogP contribution >= 0.6 is 0 Å². The van der Waals surface area contributed by atoms with E-state index in [0.717, 1.165) is 22.9 Å². The van der Waals surface area contributed by atoms with Crippen molar-refractivity contribution in [2.75, 3.05) is 20.8 Å². The largest absolute Gasteiger partial charge is 0.497 e. The molecule has 2 rings (SSSR count). The topological polar surface area (TPSA) is 73.2 Å². The number of imidazole rings is 1. The quantitative estimate of drug-likeness (QED) is 0.840. The van der Waals surface area contributed by atoms with Crippen LogP contribution in [0.3, 0.4) is 0 Å². The number of nitrogens with two attached hydrogens (primary N) is 1. The van der Waals surface area contributed by atoms with Gasteiger partial charge in [-0.1, -0.05) is 0 Å². The first-order chi connectivity index (χ1) is 8.80. The van der Waals surface area contributed by atoms with Gasteiger partial charge in [0, 0.05) is 24.5 Å². The van der Waals surface area contributed by atoms with Gasteiger partial charge in [0.15, 0.2) is 0 Å². The molecule has 0 amide bonds. The SMILES string of the molecule is COc1ccc(OC)c(C(CN)c2ncc[nH]2)c1. The van der Waals surface area contributed by atoms with Crippen molar-refractivity contribution in [2.45, 2.75) is 5.92 Å². The number of aromatic nitrogens is 2. The van der Waals surface area contributed by atoms with Crippen molar-refractivity contribution >= 4 is 0 Å². The average Bonchev–Trinajstić information content (AvgIpc) is 2.93. The number of ether oxygens (including phenoxy) is 2. The lowest BCUT2D eigenvalue weighted by molar-refractivity contribution is 0.396. The van der Waals surface area contributed by atoms with Gasteiger partial charge in [0.1, 0.15) is 17.3 Å². The van der Waals surface area contributed by atoms with Crippen LogP contribution in [0.4, 0.5) is 0 Å². The smallest absolute Gasteiger partial charge is 0.123 e. The second kappa shape index (κ2) is 5.55. The number of nitrogens with one attached hydrogen (secondary N) is 1. The first-order valence-corrected chi connectivity index (χ1v) is 5.71. The summed E-state index contributed by atoms with van der Waals surface area (Å²) in [4.78, 5) is 7.35. The van der Waals surface area contributed by atoms with Crippen LogP contribution in [0.1, 0.15) is 17.3 Å². The molecule has 0 aliphatic rings. The van der Waals surface area contributed by atoms with Gasteiger partial charge in [-0.05, 0) is 18.2 Å². The molecule has 1 heterocycles. The molecule has 5 heteroatoms. The minimum Gasteiger partial charge on any atom is -0.497 e. The first-order valence-electron chi connectivity index (χ1n) is 5.71. The molecule has 0 saturated carbocycles. The second-order valence-corrected chi connectivity index (χ2v) is 3.87. The summed E-state index contributed by atoms with van der Waals surface area (Å²) in [5, 5.41) is 0. The molecule has 18 heavy (non-hydrogen) atoms.